The standard InChI is InChI=1S/C17H30N2S/c1-12(2)10-15-19-16(17(3,4)5)14(20-15)11-18-13-8-6-7-9-13/h12-13,18H,6-11H2,1-5H3. The molecule has 1 aromatic rings. The maximum Gasteiger partial charge on any atom is 0.0934 e. The van der Waals surface area contributed by atoms with Gasteiger partial charge >= 0.3 is 0 Å². The Labute approximate surface area is 128 Å². The van der Waals surface area contributed by atoms with Gasteiger partial charge < -0.3 is 5.32 Å². The van der Waals surface area contributed by atoms with E-state index in [1.165, 1.54) is 41.3 Å². The molecule has 3 heteroatoms. The molecule has 2 rings (SSSR count). The highest BCUT2D eigenvalue weighted by Gasteiger charge is 2.24. The monoisotopic (exact) mass is 294 g/mol. The Morgan fingerprint density at radius 2 is 1.90 bits per heavy atom. The van der Waals surface area contributed by atoms with Crippen LogP contribution in [-0.4, -0.2) is 11.0 Å². The van der Waals surface area contributed by atoms with Crippen LogP contribution in [-0.2, 0) is 18.4 Å². The van der Waals surface area contributed by atoms with Crippen molar-refractivity contribution in [3.8, 4) is 0 Å². The van der Waals surface area contributed by atoms with Gasteiger partial charge in [0, 0.05) is 29.3 Å². The Balaban J connectivity index is 2.09. The fourth-order valence-corrected chi connectivity index (χ4v) is 4.35. The lowest BCUT2D eigenvalue weighted by Gasteiger charge is -2.19. The van der Waals surface area contributed by atoms with Crippen molar-refractivity contribution in [1.82, 2.24) is 10.3 Å². The molecule has 0 aromatic carbocycles. The summed E-state index contributed by atoms with van der Waals surface area (Å²) in [5.74, 6) is 0.685. The van der Waals surface area contributed by atoms with Gasteiger partial charge in [-0.15, -0.1) is 11.3 Å². The van der Waals surface area contributed by atoms with Crippen molar-refractivity contribution >= 4 is 11.3 Å². The molecule has 2 nitrogen and oxygen atoms in total. The quantitative estimate of drug-likeness (QED) is 0.853. The summed E-state index contributed by atoms with van der Waals surface area (Å²) in [6.07, 6.45) is 6.60. The molecule has 1 saturated carbocycles. The maximum absolute atomic E-state index is 4.95. The van der Waals surface area contributed by atoms with Gasteiger partial charge in [0.2, 0.25) is 0 Å². The second-order valence-electron chi connectivity index (χ2n) is 7.59. The van der Waals surface area contributed by atoms with Crippen LogP contribution < -0.4 is 5.32 Å². The molecule has 114 valence electrons. The molecule has 0 unspecified atom stereocenters. The molecule has 1 aromatic heterocycles. The maximum atomic E-state index is 4.95. The van der Waals surface area contributed by atoms with Crippen LogP contribution in [0.25, 0.3) is 0 Å². The van der Waals surface area contributed by atoms with Crippen LogP contribution in [0.1, 0.15) is 75.9 Å². The summed E-state index contributed by atoms with van der Waals surface area (Å²) < 4.78 is 0. The fraction of sp³-hybridized carbons (Fsp3) is 0.824. The predicted molar refractivity (Wildman–Crippen MR) is 88.5 cm³/mol. The zero-order valence-corrected chi connectivity index (χ0v) is 14.6. The van der Waals surface area contributed by atoms with Gasteiger partial charge in [0.25, 0.3) is 0 Å². The summed E-state index contributed by atoms with van der Waals surface area (Å²) in [6, 6.07) is 0.735. The van der Waals surface area contributed by atoms with E-state index in [9.17, 15) is 0 Å². The fourth-order valence-electron chi connectivity index (χ4n) is 2.91. The number of hydrogen-bond donors (Lipinski definition) is 1. The SMILES string of the molecule is CC(C)Cc1nc(C(C)(C)C)c(CNC2CCCC2)s1. The molecule has 20 heavy (non-hydrogen) atoms. The Hall–Kier alpha value is -0.410. The number of aromatic nitrogens is 1. The number of nitrogens with one attached hydrogen (secondary N) is 1. The van der Waals surface area contributed by atoms with Gasteiger partial charge in [-0.3, -0.25) is 0 Å². The largest absolute Gasteiger partial charge is 0.309 e. The Kier molecular flexibility index (Phi) is 5.25. The van der Waals surface area contributed by atoms with E-state index in [4.69, 9.17) is 4.98 Å². The Morgan fingerprint density at radius 1 is 1.25 bits per heavy atom. The summed E-state index contributed by atoms with van der Waals surface area (Å²) in [5, 5.41) is 5.06. The summed E-state index contributed by atoms with van der Waals surface area (Å²) in [5.41, 5.74) is 1.46. The molecule has 1 fully saturated rings. The second kappa shape index (κ2) is 6.57. The van der Waals surface area contributed by atoms with Crippen LogP contribution in [0.2, 0.25) is 0 Å². The van der Waals surface area contributed by atoms with Gasteiger partial charge in [0.05, 0.1) is 10.7 Å². The van der Waals surface area contributed by atoms with Gasteiger partial charge in [-0.05, 0) is 18.8 Å². The molecular weight excluding hydrogens is 264 g/mol. The van der Waals surface area contributed by atoms with Gasteiger partial charge in [-0.25, -0.2) is 4.98 Å². The van der Waals surface area contributed by atoms with Crippen LogP contribution in [0, 0.1) is 5.92 Å². The summed E-state index contributed by atoms with van der Waals surface area (Å²) in [6.45, 7) is 12.4. The third-order valence-electron chi connectivity index (χ3n) is 3.94. The topological polar surface area (TPSA) is 24.9 Å². The molecule has 1 aliphatic carbocycles. The van der Waals surface area contributed by atoms with E-state index in [2.05, 4.69) is 39.9 Å². The normalized spacial score (nSPS) is 17.3. The molecule has 0 spiro atoms. The van der Waals surface area contributed by atoms with Gasteiger partial charge in [0.15, 0.2) is 0 Å². The second-order valence-corrected chi connectivity index (χ2v) is 8.76. The first-order chi connectivity index (χ1) is 9.36. The van der Waals surface area contributed by atoms with Gasteiger partial charge in [-0.1, -0.05) is 47.5 Å². The molecule has 0 atom stereocenters. The van der Waals surface area contributed by atoms with E-state index in [0.29, 0.717) is 5.92 Å². The molecule has 1 N–H and O–H groups in total. The molecule has 1 aliphatic rings. The number of rotatable bonds is 5. The zero-order valence-electron chi connectivity index (χ0n) is 13.8. The first-order valence-electron chi connectivity index (χ1n) is 8.08. The van der Waals surface area contributed by atoms with Crippen molar-refractivity contribution in [1.29, 1.82) is 0 Å². The van der Waals surface area contributed by atoms with E-state index in [-0.39, 0.29) is 5.41 Å². The highest BCUT2D eigenvalue weighted by molar-refractivity contribution is 7.11. The highest BCUT2D eigenvalue weighted by Crippen LogP contribution is 2.31. The number of nitrogens with zero attached hydrogens (tertiary/aromatic N) is 1. The van der Waals surface area contributed by atoms with Crippen molar-refractivity contribution in [2.45, 2.75) is 84.7 Å². The minimum atomic E-state index is 0.151. The van der Waals surface area contributed by atoms with Crippen LogP contribution in [0.4, 0.5) is 0 Å². The lowest BCUT2D eigenvalue weighted by atomic mass is 9.91. The Bertz CT molecular complexity index is 423. The van der Waals surface area contributed by atoms with E-state index in [0.717, 1.165) is 19.0 Å². The highest BCUT2D eigenvalue weighted by atomic mass is 32.1. The summed E-state index contributed by atoms with van der Waals surface area (Å²) >= 11 is 1.92. The molecule has 0 amide bonds. The first kappa shape index (κ1) is 16.0. The molecule has 0 bridgehead atoms. The molecule has 0 aliphatic heterocycles. The molecule has 0 saturated heterocycles. The smallest absolute Gasteiger partial charge is 0.0934 e. The molecular formula is C17H30N2S. The Morgan fingerprint density at radius 3 is 2.45 bits per heavy atom. The van der Waals surface area contributed by atoms with Crippen molar-refractivity contribution in [2.75, 3.05) is 0 Å². The van der Waals surface area contributed by atoms with E-state index >= 15 is 0 Å². The van der Waals surface area contributed by atoms with Gasteiger partial charge in [-0.2, -0.15) is 0 Å². The number of hydrogen-bond acceptors (Lipinski definition) is 3. The van der Waals surface area contributed by atoms with Crippen LogP contribution >= 0.6 is 11.3 Å². The average Bonchev–Trinajstić information content (AvgIpc) is 2.93. The minimum Gasteiger partial charge on any atom is -0.309 e. The van der Waals surface area contributed by atoms with Crippen molar-refractivity contribution in [2.24, 2.45) is 5.92 Å². The van der Waals surface area contributed by atoms with Crippen LogP contribution in [0.3, 0.4) is 0 Å². The van der Waals surface area contributed by atoms with Crippen molar-refractivity contribution in [3.63, 3.8) is 0 Å². The third-order valence-corrected chi connectivity index (χ3v) is 5.02. The van der Waals surface area contributed by atoms with E-state index in [1.807, 2.05) is 11.3 Å². The summed E-state index contributed by atoms with van der Waals surface area (Å²) in [4.78, 5) is 6.40. The van der Waals surface area contributed by atoms with Crippen molar-refractivity contribution < 1.29 is 0 Å². The number of thiazole rings is 1. The van der Waals surface area contributed by atoms with Crippen LogP contribution in [0.5, 0.6) is 0 Å². The van der Waals surface area contributed by atoms with E-state index < -0.39 is 0 Å². The predicted octanol–water partition coefficient (Wildman–Crippen LogP) is 4.67. The third kappa shape index (κ3) is 4.29. The minimum absolute atomic E-state index is 0.151. The molecule has 1 heterocycles. The first-order valence-corrected chi connectivity index (χ1v) is 8.90. The zero-order chi connectivity index (χ0) is 14.8. The molecule has 0 radical (unpaired) electrons. The van der Waals surface area contributed by atoms with Gasteiger partial charge in [0.1, 0.15) is 0 Å². The average molecular weight is 295 g/mol. The lowest BCUT2D eigenvalue weighted by Crippen LogP contribution is -2.26. The van der Waals surface area contributed by atoms with Crippen molar-refractivity contribution in [3.05, 3.63) is 15.6 Å². The van der Waals surface area contributed by atoms with E-state index in [1.54, 1.807) is 0 Å². The lowest BCUT2D eigenvalue weighted by molar-refractivity contribution is 0.512. The summed E-state index contributed by atoms with van der Waals surface area (Å²) in [7, 11) is 0. The van der Waals surface area contributed by atoms with Crippen LogP contribution in [0.15, 0.2) is 0 Å².